The number of rotatable bonds is 6. The van der Waals surface area contributed by atoms with E-state index in [-0.39, 0.29) is 11.9 Å². The molecule has 3 rings (SSSR count). The van der Waals surface area contributed by atoms with Crippen molar-refractivity contribution in [2.45, 2.75) is 31.2 Å². The van der Waals surface area contributed by atoms with E-state index in [0.717, 1.165) is 11.6 Å². The summed E-state index contributed by atoms with van der Waals surface area (Å²) in [7, 11) is -3.99. The molecule has 0 spiro atoms. The second-order valence-electron chi connectivity index (χ2n) is 5.85. The van der Waals surface area contributed by atoms with Gasteiger partial charge >= 0.3 is 0 Å². The summed E-state index contributed by atoms with van der Waals surface area (Å²) in [6, 6.07) is 12.5. The van der Waals surface area contributed by atoms with Gasteiger partial charge in [-0.25, -0.2) is 17.5 Å². The Balaban J connectivity index is 1.97. The lowest BCUT2D eigenvalue weighted by Crippen LogP contribution is -2.32. The van der Waals surface area contributed by atoms with E-state index in [2.05, 4.69) is 14.9 Å². The van der Waals surface area contributed by atoms with Gasteiger partial charge < -0.3 is 4.42 Å². The molecule has 0 aliphatic carbocycles. The predicted molar refractivity (Wildman–Crippen MR) is 95.2 cm³/mol. The Labute approximate surface area is 151 Å². The summed E-state index contributed by atoms with van der Waals surface area (Å²) in [5.74, 6) is -0.428. The third-order valence-electron chi connectivity index (χ3n) is 3.88. The minimum absolute atomic E-state index is 0.115. The number of hydrogen-bond acceptors (Lipinski definition) is 5. The molecule has 26 heavy (non-hydrogen) atoms. The van der Waals surface area contributed by atoms with Crippen LogP contribution < -0.4 is 4.72 Å². The Morgan fingerprint density at radius 3 is 2.38 bits per heavy atom. The van der Waals surface area contributed by atoms with Gasteiger partial charge in [0.1, 0.15) is 10.7 Å². The van der Waals surface area contributed by atoms with Crippen molar-refractivity contribution in [2.24, 2.45) is 0 Å². The van der Waals surface area contributed by atoms with Crippen LogP contribution in [0.15, 0.2) is 57.8 Å². The maximum Gasteiger partial charge on any atom is 0.248 e. The fourth-order valence-corrected chi connectivity index (χ4v) is 3.72. The van der Waals surface area contributed by atoms with E-state index in [0.29, 0.717) is 17.9 Å². The first-order valence-corrected chi connectivity index (χ1v) is 9.60. The highest BCUT2D eigenvalue weighted by atomic mass is 32.2. The minimum atomic E-state index is -3.99. The normalized spacial score (nSPS) is 12.9. The summed E-state index contributed by atoms with van der Waals surface area (Å²) in [6.07, 6.45) is 0.588. The van der Waals surface area contributed by atoms with Gasteiger partial charge in [0, 0.05) is 17.2 Å². The lowest BCUT2D eigenvalue weighted by molar-refractivity contribution is 0.539. The molecule has 1 aromatic heterocycles. The molecule has 0 radical (unpaired) electrons. The van der Waals surface area contributed by atoms with Gasteiger partial charge in [-0.2, -0.15) is 0 Å². The lowest BCUT2D eigenvalue weighted by atomic mass is 10.2. The fourth-order valence-electron chi connectivity index (χ4n) is 2.29. The minimum Gasteiger partial charge on any atom is -0.416 e. The summed E-state index contributed by atoms with van der Waals surface area (Å²) in [5, 5.41) is 7.90. The second-order valence-corrected chi connectivity index (χ2v) is 7.54. The monoisotopic (exact) mass is 375 g/mol. The molecule has 1 atom stereocenters. The number of sulfonamides is 1. The molecule has 1 heterocycles. The highest BCUT2D eigenvalue weighted by Crippen LogP contribution is 2.27. The van der Waals surface area contributed by atoms with Crippen LogP contribution in [0, 0.1) is 5.82 Å². The highest BCUT2D eigenvalue weighted by Gasteiger charge is 2.23. The van der Waals surface area contributed by atoms with Crippen molar-refractivity contribution in [2.75, 3.05) is 0 Å². The molecule has 0 aliphatic heterocycles. The van der Waals surface area contributed by atoms with Crippen LogP contribution in [0.5, 0.6) is 0 Å². The molecular weight excluding hydrogens is 357 g/mol. The summed E-state index contributed by atoms with van der Waals surface area (Å²) >= 11 is 0. The van der Waals surface area contributed by atoms with Crippen molar-refractivity contribution in [3.05, 3.63) is 54.3 Å². The molecular formula is C18H18FN3O3S. The average molecular weight is 375 g/mol. The zero-order valence-corrected chi connectivity index (χ0v) is 15.1. The van der Waals surface area contributed by atoms with Gasteiger partial charge in [-0.1, -0.05) is 25.1 Å². The third-order valence-corrected chi connectivity index (χ3v) is 5.49. The number of halogens is 1. The van der Waals surface area contributed by atoms with Crippen molar-refractivity contribution < 1.29 is 17.2 Å². The summed E-state index contributed by atoms with van der Waals surface area (Å²) in [4.78, 5) is -0.449. The average Bonchev–Trinajstić information content (AvgIpc) is 3.12. The smallest absolute Gasteiger partial charge is 0.248 e. The molecule has 0 saturated heterocycles. The highest BCUT2D eigenvalue weighted by molar-refractivity contribution is 7.89. The largest absolute Gasteiger partial charge is 0.416 e. The van der Waals surface area contributed by atoms with E-state index in [1.807, 2.05) is 37.3 Å². The van der Waals surface area contributed by atoms with Gasteiger partial charge in [0.25, 0.3) is 0 Å². The van der Waals surface area contributed by atoms with Crippen LogP contribution in [0.4, 0.5) is 4.39 Å². The number of aromatic nitrogens is 2. The van der Waals surface area contributed by atoms with Gasteiger partial charge in [0.05, 0.1) is 0 Å². The molecule has 3 aromatic rings. The molecule has 6 nitrogen and oxygen atoms in total. The van der Waals surface area contributed by atoms with Gasteiger partial charge in [-0.15, -0.1) is 10.2 Å². The first-order chi connectivity index (χ1) is 12.4. The molecule has 0 fully saturated rings. The Morgan fingerprint density at radius 2 is 1.73 bits per heavy atom. The van der Waals surface area contributed by atoms with Crippen LogP contribution in [0.2, 0.25) is 0 Å². The summed E-state index contributed by atoms with van der Waals surface area (Å²) in [5.41, 5.74) is 1.06. The molecule has 0 bridgehead atoms. The predicted octanol–water partition coefficient (Wildman–Crippen LogP) is 3.62. The molecule has 0 aliphatic rings. The van der Waals surface area contributed by atoms with Crippen LogP contribution in [0.1, 0.15) is 20.3 Å². The van der Waals surface area contributed by atoms with E-state index < -0.39 is 20.7 Å². The Hall–Kier alpha value is -2.58. The molecule has 136 valence electrons. The van der Waals surface area contributed by atoms with Crippen LogP contribution >= 0.6 is 0 Å². The van der Waals surface area contributed by atoms with Crippen LogP contribution in [0.3, 0.4) is 0 Å². The van der Waals surface area contributed by atoms with Crippen molar-refractivity contribution in [1.29, 1.82) is 0 Å². The topological polar surface area (TPSA) is 85.1 Å². The van der Waals surface area contributed by atoms with E-state index in [1.165, 1.54) is 12.1 Å². The van der Waals surface area contributed by atoms with Gasteiger partial charge in [0.2, 0.25) is 21.8 Å². The van der Waals surface area contributed by atoms with Gasteiger partial charge in [-0.3, -0.25) is 0 Å². The zero-order valence-electron chi connectivity index (χ0n) is 14.3. The first-order valence-electron chi connectivity index (χ1n) is 8.12. The second kappa shape index (κ2) is 7.35. The Bertz CT molecular complexity index is 1000. The zero-order chi connectivity index (χ0) is 18.7. The molecule has 0 unspecified atom stereocenters. The number of nitrogens with zero attached hydrogens (tertiary/aromatic N) is 2. The number of nitrogens with one attached hydrogen (secondary N) is 1. The maximum atomic E-state index is 14.1. The first kappa shape index (κ1) is 18.2. The van der Waals surface area contributed by atoms with Crippen molar-refractivity contribution in [1.82, 2.24) is 14.9 Å². The van der Waals surface area contributed by atoms with Crippen molar-refractivity contribution in [3.63, 3.8) is 0 Å². The number of benzene rings is 2. The van der Waals surface area contributed by atoms with Gasteiger partial charge in [-0.05, 0) is 43.7 Å². The Kier molecular flexibility index (Phi) is 5.15. The van der Waals surface area contributed by atoms with E-state index in [9.17, 15) is 12.8 Å². The SMILES string of the molecule is CC[C@@H](C)NS(=O)(=O)c1cc(-c2nnc(-c3ccccc3)o2)ccc1F. The van der Waals surface area contributed by atoms with Crippen molar-refractivity contribution in [3.8, 4) is 22.9 Å². The Morgan fingerprint density at radius 1 is 1.08 bits per heavy atom. The van der Waals surface area contributed by atoms with Crippen LogP contribution in [-0.4, -0.2) is 24.7 Å². The van der Waals surface area contributed by atoms with E-state index in [4.69, 9.17) is 4.42 Å². The summed E-state index contributed by atoms with van der Waals surface area (Å²) < 4.78 is 47.0. The standard InChI is InChI=1S/C18H18FN3O3S/c1-3-12(2)22-26(23,24)16-11-14(9-10-15(16)19)18-21-20-17(25-18)13-7-5-4-6-8-13/h4-12,22H,3H2,1-2H3/t12-/m1/s1. The molecule has 0 saturated carbocycles. The lowest BCUT2D eigenvalue weighted by Gasteiger charge is -2.13. The van der Waals surface area contributed by atoms with E-state index in [1.54, 1.807) is 6.92 Å². The molecule has 8 heteroatoms. The van der Waals surface area contributed by atoms with Crippen LogP contribution in [0.25, 0.3) is 22.9 Å². The van der Waals surface area contributed by atoms with Crippen LogP contribution in [-0.2, 0) is 10.0 Å². The summed E-state index contributed by atoms with van der Waals surface area (Å²) in [6.45, 7) is 3.55. The van der Waals surface area contributed by atoms with Crippen molar-refractivity contribution >= 4 is 10.0 Å². The fraction of sp³-hybridized carbons (Fsp3) is 0.222. The molecule has 0 amide bonds. The number of hydrogen-bond donors (Lipinski definition) is 1. The molecule has 1 N–H and O–H groups in total. The quantitative estimate of drug-likeness (QED) is 0.711. The molecule has 2 aromatic carbocycles. The van der Waals surface area contributed by atoms with E-state index >= 15 is 0 Å². The third kappa shape index (κ3) is 3.81. The maximum absolute atomic E-state index is 14.1. The van der Waals surface area contributed by atoms with Gasteiger partial charge in [0.15, 0.2) is 0 Å².